The smallest absolute Gasteiger partial charge is 0.266 e. The van der Waals surface area contributed by atoms with E-state index in [4.69, 9.17) is 0 Å². The average Bonchev–Trinajstić information content (AvgIpc) is 2.35. The van der Waals surface area contributed by atoms with E-state index in [0.29, 0.717) is 0 Å². The number of hydrogen-bond acceptors (Lipinski definition) is 5. The number of hydrogen-bond donors (Lipinski definition) is 0. The van der Waals surface area contributed by atoms with E-state index in [1.807, 2.05) is 0 Å². The van der Waals surface area contributed by atoms with Gasteiger partial charge in [0.25, 0.3) is 0 Å². The van der Waals surface area contributed by atoms with Gasteiger partial charge >= 0.3 is 11.4 Å². The Bertz CT molecular complexity index is 270. The summed E-state index contributed by atoms with van der Waals surface area (Å²) < 4.78 is 41.8. The van der Waals surface area contributed by atoms with Gasteiger partial charge in [0, 0.05) is 5.75 Å². The van der Waals surface area contributed by atoms with Crippen molar-refractivity contribution in [3.8, 4) is 0 Å². The first-order chi connectivity index (χ1) is 5.53. The zero-order chi connectivity index (χ0) is 9.19. The Morgan fingerprint density at radius 2 is 2.25 bits per heavy atom. The average molecular weight is 214 g/mol. The third-order valence-electron chi connectivity index (χ3n) is 1.44. The van der Waals surface area contributed by atoms with Crippen LogP contribution in [0.5, 0.6) is 0 Å². The Morgan fingerprint density at radius 3 is 2.67 bits per heavy atom. The highest BCUT2D eigenvalue weighted by Gasteiger charge is 2.27. The van der Waals surface area contributed by atoms with E-state index < -0.39 is 27.3 Å². The molecule has 0 aromatic rings. The molecule has 1 aliphatic heterocycles. The summed E-state index contributed by atoms with van der Waals surface area (Å²) in [5.41, 5.74) is 0. The highest BCUT2D eigenvalue weighted by atomic mass is 32.2. The zero-order valence-corrected chi connectivity index (χ0v) is 8.19. The van der Waals surface area contributed by atoms with Crippen LogP contribution < -0.4 is 0 Å². The first-order valence-electron chi connectivity index (χ1n) is 3.46. The van der Waals surface area contributed by atoms with Crippen molar-refractivity contribution in [3.63, 3.8) is 0 Å². The van der Waals surface area contributed by atoms with Crippen molar-refractivity contribution in [1.29, 1.82) is 0 Å². The quantitative estimate of drug-likeness (QED) is 0.628. The largest absolute Gasteiger partial charge is 0.305 e. The molecule has 0 aromatic heterocycles. The maximum Gasteiger partial charge on any atom is 0.305 e. The summed E-state index contributed by atoms with van der Waals surface area (Å²) in [6, 6.07) is 0. The molecule has 7 heteroatoms. The van der Waals surface area contributed by atoms with Crippen LogP contribution in [-0.4, -0.2) is 36.8 Å². The molecule has 0 spiro atoms. The lowest BCUT2D eigenvalue weighted by atomic mass is 10.4. The van der Waals surface area contributed by atoms with Crippen molar-refractivity contribution in [3.05, 3.63) is 0 Å². The molecule has 5 nitrogen and oxygen atoms in total. The maximum atomic E-state index is 11.0. The molecule has 1 rings (SSSR count). The molecular formula is C5H10O5S2. The second-order valence-corrected chi connectivity index (χ2v) is 5.64. The summed E-state index contributed by atoms with van der Waals surface area (Å²) in [7, 11) is -3.07. The van der Waals surface area contributed by atoms with Crippen molar-refractivity contribution in [2.45, 2.75) is 13.0 Å². The lowest BCUT2D eigenvalue weighted by Crippen LogP contribution is -2.23. The molecule has 1 saturated heterocycles. The van der Waals surface area contributed by atoms with Gasteiger partial charge in [-0.05, 0) is 0 Å². The molecule has 0 amide bonds. The molecule has 0 bridgehead atoms. The van der Waals surface area contributed by atoms with E-state index in [1.165, 1.54) is 0 Å². The maximum absolute atomic E-state index is 11.0. The standard InChI is InChI=1S/C5H10O5S2/c1-2-12(7,8)4-5-3-9-11(6)10-5/h5H,2-4H2,1H3. The molecule has 0 saturated carbocycles. The van der Waals surface area contributed by atoms with Gasteiger partial charge in [0.05, 0.1) is 12.4 Å². The van der Waals surface area contributed by atoms with Crippen molar-refractivity contribution in [2.24, 2.45) is 0 Å². The first-order valence-corrected chi connectivity index (χ1v) is 6.28. The second-order valence-electron chi connectivity index (χ2n) is 2.41. The fourth-order valence-electron chi connectivity index (χ4n) is 0.775. The van der Waals surface area contributed by atoms with Gasteiger partial charge in [-0.3, -0.25) is 8.37 Å². The van der Waals surface area contributed by atoms with E-state index in [0.717, 1.165) is 0 Å². The van der Waals surface area contributed by atoms with Crippen LogP contribution in [-0.2, 0) is 29.6 Å². The number of rotatable bonds is 3. The highest BCUT2D eigenvalue weighted by Crippen LogP contribution is 2.10. The normalized spacial score (nSPS) is 30.8. The van der Waals surface area contributed by atoms with Crippen LogP contribution in [0.25, 0.3) is 0 Å². The minimum atomic E-state index is -3.07. The highest BCUT2D eigenvalue weighted by molar-refractivity contribution is 7.91. The molecule has 2 unspecified atom stereocenters. The van der Waals surface area contributed by atoms with E-state index in [-0.39, 0.29) is 18.1 Å². The molecule has 1 heterocycles. The molecule has 1 aliphatic rings. The predicted molar refractivity (Wildman–Crippen MR) is 43.3 cm³/mol. The molecule has 12 heavy (non-hydrogen) atoms. The summed E-state index contributed by atoms with van der Waals surface area (Å²) in [4.78, 5) is 0. The second kappa shape index (κ2) is 3.82. The SMILES string of the molecule is CCS(=O)(=O)CC1COS(=O)O1. The van der Waals surface area contributed by atoms with Crippen LogP contribution in [0, 0.1) is 0 Å². The van der Waals surface area contributed by atoms with E-state index >= 15 is 0 Å². The van der Waals surface area contributed by atoms with Gasteiger partial charge in [-0.2, -0.15) is 4.21 Å². The molecule has 0 radical (unpaired) electrons. The Balaban J connectivity index is 2.48. The zero-order valence-electron chi connectivity index (χ0n) is 6.56. The third-order valence-corrected chi connectivity index (χ3v) is 3.96. The van der Waals surface area contributed by atoms with Crippen LogP contribution in [0.15, 0.2) is 0 Å². The fourth-order valence-corrected chi connectivity index (χ4v) is 2.49. The van der Waals surface area contributed by atoms with Gasteiger partial charge in [-0.1, -0.05) is 6.92 Å². The topological polar surface area (TPSA) is 69.7 Å². The van der Waals surface area contributed by atoms with Crippen LogP contribution in [0.2, 0.25) is 0 Å². The minimum absolute atomic E-state index is 0.0689. The summed E-state index contributed by atoms with van der Waals surface area (Å²) in [6.07, 6.45) is -0.573. The molecule has 1 fully saturated rings. The minimum Gasteiger partial charge on any atom is -0.266 e. The first kappa shape index (κ1) is 10.1. The molecule has 2 atom stereocenters. The molecule has 0 N–H and O–H groups in total. The van der Waals surface area contributed by atoms with E-state index in [1.54, 1.807) is 6.92 Å². The van der Waals surface area contributed by atoms with Crippen molar-refractivity contribution < 1.29 is 21.0 Å². The summed E-state index contributed by atoms with van der Waals surface area (Å²) in [5, 5.41) is 0. The molecule has 72 valence electrons. The summed E-state index contributed by atoms with van der Waals surface area (Å²) in [5.74, 6) is -0.0469. The van der Waals surface area contributed by atoms with E-state index in [2.05, 4.69) is 8.37 Å². The van der Waals surface area contributed by atoms with Crippen LogP contribution in [0.4, 0.5) is 0 Å². The van der Waals surface area contributed by atoms with E-state index in [9.17, 15) is 12.6 Å². The predicted octanol–water partition coefficient (Wildman–Crippen LogP) is -0.585. The third kappa shape index (κ3) is 2.81. The summed E-state index contributed by atoms with van der Waals surface area (Å²) >= 11 is -1.75. The molecule has 0 aromatic carbocycles. The fraction of sp³-hybridized carbons (Fsp3) is 1.00. The Morgan fingerprint density at radius 1 is 1.58 bits per heavy atom. The monoisotopic (exact) mass is 214 g/mol. The van der Waals surface area contributed by atoms with Crippen LogP contribution >= 0.6 is 0 Å². The van der Waals surface area contributed by atoms with Crippen molar-refractivity contribution in [1.82, 2.24) is 0 Å². The van der Waals surface area contributed by atoms with Gasteiger partial charge in [-0.25, -0.2) is 8.42 Å². The van der Waals surface area contributed by atoms with Gasteiger partial charge in [0.1, 0.15) is 6.10 Å². The Hall–Kier alpha value is 0.0200. The lowest BCUT2D eigenvalue weighted by Gasteiger charge is -2.03. The van der Waals surface area contributed by atoms with Gasteiger partial charge in [-0.15, -0.1) is 0 Å². The number of sulfone groups is 1. The van der Waals surface area contributed by atoms with Gasteiger partial charge < -0.3 is 0 Å². The Kier molecular flexibility index (Phi) is 3.22. The van der Waals surface area contributed by atoms with Gasteiger partial charge in [0.2, 0.25) is 0 Å². The lowest BCUT2D eigenvalue weighted by molar-refractivity contribution is 0.264. The summed E-state index contributed by atoms with van der Waals surface area (Å²) in [6.45, 7) is 1.65. The van der Waals surface area contributed by atoms with Crippen molar-refractivity contribution >= 4 is 21.2 Å². The van der Waals surface area contributed by atoms with Crippen LogP contribution in [0.1, 0.15) is 6.92 Å². The van der Waals surface area contributed by atoms with Crippen molar-refractivity contribution in [2.75, 3.05) is 18.1 Å². The van der Waals surface area contributed by atoms with Gasteiger partial charge in [0.15, 0.2) is 9.84 Å². The molecular weight excluding hydrogens is 204 g/mol. The molecule has 0 aliphatic carbocycles. The Labute approximate surface area is 73.8 Å². The van der Waals surface area contributed by atoms with Crippen LogP contribution in [0.3, 0.4) is 0 Å².